The van der Waals surface area contributed by atoms with Crippen LogP contribution in [-0.4, -0.2) is 27.8 Å². The highest BCUT2D eigenvalue weighted by molar-refractivity contribution is 7.99. The third-order valence-electron chi connectivity index (χ3n) is 2.06. The van der Waals surface area contributed by atoms with E-state index in [2.05, 4.69) is 20.5 Å². The van der Waals surface area contributed by atoms with Crippen LogP contribution in [-0.2, 0) is 4.79 Å². The molecule has 19 heavy (non-hydrogen) atoms. The summed E-state index contributed by atoms with van der Waals surface area (Å²) < 4.78 is 0. The summed E-state index contributed by atoms with van der Waals surface area (Å²) in [5, 5.41) is 4.64. The first-order valence-electron chi connectivity index (χ1n) is 5.61. The summed E-state index contributed by atoms with van der Waals surface area (Å²) in [5.41, 5.74) is 3.14. The number of amides is 1. The lowest BCUT2D eigenvalue weighted by atomic mass is 10.4. The van der Waals surface area contributed by atoms with Crippen molar-refractivity contribution in [1.82, 2.24) is 15.4 Å². The molecule has 96 valence electrons. The van der Waals surface area contributed by atoms with E-state index in [0.717, 1.165) is 5.03 Å². The maximum absolute atomic E-state index is 11.5. The molecule has 1 N–H and O–H groups in total. The van der Waals surface area contributed by atoms with E-state index in [-0.39, 0.29) is 11.7 Å². The van der Waals surface area contributed by atoms with E-state index in [1.165, 1.54) is 18.0 Å². The van der Waals surface area contributed by atoms with Crippen molar-refractivity contribution in [2.45, 2.75) is 5.03 Å². The lowest BCUT2D eigenvalue weighted by molar-refractivity contribution is -0.118. The third-order valence-corrected chi connectivity index (χ3v) is 3.01. The van der Waals surface area contributed by atoms with E-state index in [4.69, 9.17) is 0 Å². The predicted molar refractivity (Wildman–Crippen MR) is 74.9 cm³/mol. The molecule has 0 saturated heterocycles. The van der Waals surface area contributed by atoms with Gasteiger partial charge < -0.3 is 0 Å². The minimum absolute atomic E-state index is 0.178. The number of carbonyl (C=O) groups excluding carboxylic acids is 1. The SMILES string of the molecule is O=C(CSc1ccccn1)NN=Cc1ccccn1. The second kappa shape index (κ2) is 7.27. The lowest BCUT2D eigenvalue weighted by Crippen LogP contribution is -2.19. The first-order chi connectivity index (χ1) is 9.34. The highest BCUT2D eigenvalue weighted by Gasteiger charge is 2.01. The van der Waals surface area contributed by atoms with E-state index >= 15 is 0 Å². The fourth-order valence-corrected chi connectivity index (χ4v) is 1.88. The molecule has 5 nitrogen and oxygen atoms in total. The topological polar surface area (TPSA) is 67.2 Å². The van der Waals surface area contributed by atoms with Gasteiger partial charge in [-0.2, -0.15) is 5.10 Å². The van der Waals surface area contributed by atoms with E-state index in [0.29, 0.717) is 5.69 Å². The maximum atomic E-state index is 11.5. The molecular weight excluding hydrogens is 260 g/mol. The minimum atomic E-state index is -0.178. The zero-order valence-electron chi connectivity index (χ0n) is 10.1. The second-order valence-corrected chi connectivity index (χ2v) is 4.50. The molecule has 0 fully saturated rings. The third kappa shape index (κ3) is 4.89. The van der Waals surface area contributed by atoms with Crippen LogP contribution in [0.1, 0.15) is 5.69 Å². The number of thioether (sulfide) groups is 1. The Morgan fingerprint density at radius 1 is 1.21 bits per heavy atom. The highest BCUT2D eigenvalue weighted by atomic mass is 32.2. The predicted octanol–water partition coefficient (Wildman–Crippen LogP) is 1.72. The number of hydrogen-bond acceptors (Lipinski definition) is 5. The summed E-state index contributed by atoms with van der Waals surface area (Å²) in [7, 11) is 0. The van der Waals surface area contributed by atoms with E-state index in [1.54, 1.807) is 18.5 Å². The summed E-state index contributed by atoms with van der Waals surface area (Å²) in [6.45, 7) is 0. The number of hydrogen-bond donors (Lipinski definition) is 1. The summed E-state index contributed by atoms with van der Waals surface area (Å²) >= 11 is 1.36. The van der Waals surface area contributed by atoms with E-state index in [9.17, 15) is 4.79 Å². The summed E-state index contributed by atoms with van der Waals surface area (Å²) in [5.74, 6) is 0.0964. The lowest BCUT2D eigenvalue weighted by Gasteiger charge is -1.99. The van der Waals surface area contributed by atoms with Crippen molar-refractivity contribution >= 4 is 23.9 Å². The first-order valence-corrected chi connectivity index (χ1v) is 6.60. The van der Waals surface area contributed by atoms with Crippen LogP contribution in [0.2, 0.25) is 0 Å². The summed E-state index contributed by atoms with van der Waals surface area (Å²) in [6, 6.07) is 11.0. The maximum Gasteiger partial charge on any atom is 0.250 e. The van der Waals surface area contributed by atoms with Crippen molar-refractivity contribution in [3.05, 3.63) is 54.5 Å². The standard InChI is InChI=1S/C13H12N4OS/c18-12(10-19-13-6-2-4-8-15-13)17-16-9-11-5-1-3-7-14-11/h1-9H,10H2,(H,17,18). The molecule has 0 radical (unpaired) electrons. The molecule has 0 bridgehead atoms. The van der Waals surface area contributed by atoms with Crippen molar-refractivity contribution in [2.24, 2.45) is 5.10 Å². The number of hydrazone groups is 1. The molecule has 0 unspecified atom stereocenters. The molecule has 2 rings (SSSR count). The van der Waals surface area contributed by atoms with Gasteiger partial charge in [0.15, 0.2) is 0 Å². The van der Waals surface area contributed by atoms with Crippen LogP contribution < -0.4 is 5.43 Å². The molecule has 2 heterocycles. The van der Waals surface area contributed by atoms with Gasteiger partial charge in [-0.1, -0.05) is 23.9 Å². The number of nitrogens with one attached hydrogen (secondary N) is 1. The van der Waals surface area contributed by atoms with Crippen molar-refractivity contribution in [3.8, 4) is 0 Å². The number of carbonyl (C=O) groups is 1. The molecule has 0 aliphatic rings. The van der Waals surface area contributed by atoms with Gasteiger partial charge in [0.1, 0.15) is 0 Å². The van der Waals surface area contributed by atoms with E-state index < -0.39 is 0 Å². The van der Waals surface area contributed by atoms with Gasteiger partial charge in [-0.25, -0.2) is 10.4 Å². The Labute approximate surface area is 115 Å². The summed E-state index contributed by atoms with van der Waals surface area (Å²) in [6.07, 6.45) is 4.86. The molecule has 0 aliphatic carbocycles. The number of pyridine rings is 2. The Kier molecular flexibility index (Phi) is 5.06. The van der Waals surface area contributed by atoms with Crippen LogP contribution in [0.3, 0.4) is 0 Å². The Hall–Kier alpha value is -2.21. The zero-order valence-corrected chi connectivity index (χ0v) is 10.9. The van der Waals surface area contributed by atoms with Gasteiger partial charge in [0.2, 0.25) is 5.91 Å². The molecular formula is C13H12N4OS. The Bertz CT molecular complexity index is 545. The molecule has 0 aromatic carbocycles. The van der Waals surface area contributed by atoms with Crippen LogP contribution in [0.4, 0.5) is 0 Å². The molecule has 2 aromatic heterocycles. The van der Waals surface area contributed by atoms with Crippen molar-refractivity contribution in [3.63, 3.8) is 0 Å². The van der Waals surface area contributed by atoms with Gasteiger partial charge in [0, 0.05) is 12.4 Å². The van der Waals surface area contributed by atoms with Gasteiger partial charge in [0.05, 0.1) is 22.7 Å². The van der Waals surface area contributed by atoms with Crippen LogP contribution in [0, 0.1) is 0 Å². The van der Waals surface area contributed by atoms with Crippen LogP contribution in [0.25, 0.3) is 0 Å². The molecule has 0 spiro atoms. The molecule has 0 aliphatic heterocycles. The van der Waals surface area contributed by atoms with Gasteiger partial charge in [-0.05, 0) is 24.3 Å². The molecule has 2 aromatic rings. The second-order valence-electron chi connectivity index (χ2n) is 3.50. The molecule has 0 atom stereocenters. The average molecular weight is 272 g/mol. The fraction of sp³-hybridized carbons (Fsp3) is 0.0769. The van der Waals surface area contributed by atoms with Crippen LogP contribution in [0.15, 0.2) is 58.9 Å². The van der Waals surface area contributed by atoms with Crippen LogP contribution in [0.5, 0.6) is 0 Å². The van der Waals surface area contributed by atoms with Crippen molar-refractivity contribution < 1.29 is 4.79 Å². The first kappa shape index (κ1) is 13.2. The highest BCUT2D eigenvalue weighted by Crippen LogP contribution is 2.12. The zero-order chi connectivity index (χ0) is 13.3. The quantitative estimate of drug-likeness (QED) is 0.511. The molecule has 1 amide bonds. The van der Waals surface area contributed by atoms with Crippen LogP contribution >= 0.6 is 11.8 Å². The van der Waals surface area contributed by atoms with Gasteiger partial charge >= 0.3 is 0 Å². The monoisotopic (exact) mass is 272 g/mol. The van der Waals surface area contributed by atoms with Gasteiger partial charge in [-0.3, -0.25) is 9.78 Å². The van der Waals surface area contributed by atoms with Crippen molar-refractivity contribution in [1.29, 1.82) is 0 Å². The minimum Gasteiger partial charge on any atom is -0.272 e. The smallest absolute Gasteiger partial charge is 0.250 e. The molecule has 0 saturated carbocycles. The van der Waals surface area contributed by atoms with Crippen molar-refractivity contribution in [2.75, 3.05) is 5.75 Å². The Morgan fingerprint density at radius 3 is 2.68 bits per heavy atom. The summed E-state index contributed by atoms with van der Waals surface area (Å²) in [4.78, 5) is 19.7. The van der Waals surface area contributed by atoms with Gasteiger partial charge in [-0.15, -0.1) is 0 Å². The van der Waals surface area contributed by atoms with Gasteiger partial charge in [0.25, 0.3) is 0 Å². The molecule has 6 heteroatoms. The number of aromatic nitrogens is 2. The van der Waals surface area contributed by atoms with E-state index in [1.807, 2.05) is 30.3 Å². The normalized spacial score (nSPS) is 10.5. The number of rotatable bonds is 5. The Morgan fingerprint density at radius 2 is 2.00 bits per heavy atom. The average Bonchev–Trinajstić information content (AvgIpc) is 2.47. The Balaban J connectivity index is 1.75. The fourth-order valence-electron chi connectivity index (χ4n) is 1.23. The number of nitrogens with zero attached hydrogens (tertiary/aromatic N) is 3. The largest absolute Gasteiger partial charge is 0.272 e.